The third-order valence-corrected chi connectivity index (χ3v) is 2.21. The minimum atomic E-state index is -0.912. The molecule has 0 aliphatic rings. The minimum absolute atomic E-state index is 0.158. The fourth-order valence-corrected chi connectivity index (χ4v) is 1.50. The van der Waals surface area contributed by atoms with Gasteiger partial charge in [-0.1, -0.05) is 30.3 Å². The maximum absolute atomic E-state index is 11.4. The van der Waals surface area contributed by atoms with Gasteiger partial charge in [0.1, 0.15) is 11.7 Å². The largest absolute Gasteiger partial charge is 0.299 e. The van der Waals surface area contributed by atoms with E-state index in [0.29, 0.717) is 0 Å². The second-order valence-corrected chi connectivity index (χ2v) is 3.23. The van der Waals surface area contributed by atoms with E-state index < -0.39 is 11.8 Å². The number of carbonyl (C=O) groups excluding carboxylic acids is 1. The van der Waals surface area contributed by atoms with Crippen molar-refractivity contribution < 1.29 is 4.79 Å². The molecule has 3 nitrogen and oxygen atoms in total. The molecule has 0 bridgehead atoms. The summed E-state index contributed by atoms with van der Waals surface area (Å²) in [5.41, 5.74) is 0.720. The maximum Gasteiger partial charge on any atom is 0.147 e. The summed E-state index contributed by atoms with van der Waals surface area (Å²) in [5.74, 6) is -1.71. The van der Waals surface area contributed by atoms with Crippen molar-refractivity contribution in [2.24, 2.45) is 5.92 Å². The number of benzene rings is 1. The maximum atomic E-state index is 11.4. The van der Waals surface area contributed by atoms with Gasteiger partial charge in [0.2, 0.25) is 0 Å². The topological polar surface area (TPSA) is 64.7 Å². The molecule has 1 atom stereocenters. The first-order valence-corrected chi connectivity index (χ1v) is 4.55. The summed E-state index contributed by atoms with van der Waals surface area (Å²) in [6.07, 6.45) is 0. The van der Waals surface area contributed by atoms with E-state index in [1.807, 2.05) is 18.2 Å². The molecule has 1 unspecified atom stereocenters. The van der Waals surface area contributed by atoms with Crippen LogP contribution >= 0.6 is 0 Å². The molecule has 3 heteroatoms. The van der Waals surface area contributed by atoms with Crippen molar-refractivity contribution in [2.45, 2.75) is 12.8 Å². The molecule has 0 fully saturated rings. The number of Topliss-reactive ketones (excluding diaryl/α,β-unsaturated/α-hetero) is 1. The van der Waals surface area contributed by atoms with Gasteiger partial charge in [0.15, 0.2) is 0 Å². The van der Waals surface area contributed by atoms with Crippen LogP contribution in [0.1, 0.15) is 18.4 Å². The van der Waals surface area contributed by atoms with Gasteiger partial charge in [0, 0.05) is 0 Å². The summed E-state index contributed by atoms with van der Waals surface area (Å²) in [6.45, 7) is 1.40. The number of hydrogen-bond acceptors (Lipinski definition) is 3. The van der Waals surface area contributed by atoms with Crippen LogP contribution in [0.2, 0.25) is 0 Å². The second-order valence-electron chi connectivity index (χ2n) is 3.23. The van der Waals surface area contributed by atoms with Crippen LogP contribution in [0.25, 0.3) is 0 Å². The van der Waals surface area contributed by atoms with Crippen LogP contribution < -0.4 is 0 Å². The molecular weight excluding hydrogens is 188 g/mol. The fourth-order valence-electron chi connectivity index (χ4n) is 1.50. The lowest BCUT2D eigenvalue weighted by Crippen LogP contribution is -2.17. The van der Waals surface area contributed by atoms with E-state index in [0.717, 1.165) is 5.56 Å². The Morgan fingerprint density at radius 2 is 1.73 bits per heavy atom. The van der Waals surface area contributed by atoms with Crippen LogP contribution in [-0.2, 0) is 4.79 Å². The summed E-state index contributed by atoms with van der Waals surface area (Å²) in [7, 11) is 0. The minimum Gasteiger partial charge on any atom is -0.299 e. The Balaban J connectivity index is 3.12. The highest BCUT2D eigenvalue weighted by atomic mass is 16.1. The third kappa shape index (κ3) is 2.42. The van der Waals surface area contributed by atoms with Crippen LogP contribution in [0.4, 0.5) is 0 Å². The molecule has 0 saturated heterocycles. The lowest BCUT2D eigenvalue weighted by Gasteiger charge is -2.13. The number of carbonyl (C=O) groups is 1. The van der Waals surface area contributed by atoms with Gasteiger partial charge in [-0.05, 0) is 12.5 Å². The molecule has 0 amide bonds. The van der Waals surface area contributed by atoms with E-state index in [2.05, 4.69) is 0 Å². The van der Waals surface area contributed by atoms with Crippen LogP contribution in [0.3, 0.4) is 0 Å². The Morgan fingerprint density at radius 3 is 2.13 bits per heavy atom. The van der Waals surface area contributed by atoms with Crippen molar-refractivity contribution in [2.75, 3.05) is 0 Å². The van der Waals surface area contributed by atoms with Crippen molar-refractivity contribution in [3.05, 3.63) is 35.9 Å². The highest BCUT2D eigenvalue weighted by Crippen LogP contribution is 2.24. The van der Waals surface area contributed by atoms with E-state index in [1.165, 1.54) is 6.92 Å². The molecule has 1 aromatic carbocycles. The first-order valence-electron chi connectivity index (χ1n) is 4.55. The summed E-state index contributed by atoms with van der Waals surface area (Å²) in [5, 5.41) is 17.6. The highest BCUT2D eigenvalue weighted by Gasteiger charge is 2.26. The van der Waals surface area contributed by atoms with Gasteiger partial charge in [0.05, 0.1) is 18.1 Å². The molecule has 74 valence electrons. The molecule has 0 aliphatic heterocycles. The predicted molar refractivity (Wildman–Crippen MR) is 54.6 cm³/mol. The first kappa shape index (κ1) is 10.9. The molecule has 0 N–H and O–H groups in total. The van der Waals surface area contributed by atoms with Crippen molar-refractivity contribution in [3.8, 4) is 12.1 Å². The van der Waals surface area contributed by atoms with Crippen molar-refractivity contribution in [1.82, 2.24) is 0 Å². The molecule has 15 heavy (non-hydrogen) atoms. The fraction of sp³-hybridized carbons (Fsp3) is 0.250. The Labute approximate surface area is 88.6 Å². The number of nitriles is 2. The molecule has 0 spiro atoms. The zero-order valence-electron chi connectivity index (χ0n) is 8.34. The molecule has 1 aromatic rings. The van der Waals surface area contributed by atoms with E-state index >= 15 is 0 Å². The smallest absolute Gasteiger partial charge is 0.147 e. The quantitative estimate of drug-likeness (QED) is 0.746. The van der Waals surface area contributed by atoms with Gasteiger partial charge in [-0.2, -0.15) is 10.5 Å². The van der Waals surface area contributed by atoms with Crippen molar-refractivity contribution in [3.63, 3.8) is 0 Å². The molecule has 0 heterocycles. The summed E-state index contributed by atoms with van der Waals surface area (Å²) >= 11 is 0. The van der Waals surface area contributed by atoms with Gasteiger partial charge < -0.3 is 0 Å². The lowest BCUT2D eigenvalue weighted by molar-refractivity contribution is -0.118. The van der Waals surface area contributed by atoms with E-state index in [1.54, 1.807) is 24.3 Å². The van der Waals surface area contributed by atoms with Crippen LogP contribution in [-0.4, -0.2) is 5.78 Å². The Hall–Kier alpha value is -2.13. The van der Waals surface area contributed by atoms with Gasteiger partial charge in [-0.15, -0.1) is 0 Å². The average Bonchev–Trinajstić information content (AvgIpc) is 2.26. The molecule has 0 radical (unpaired) electrons. The van der Waals surface area contributed by atoms with E-state index in [4.69, 9.17) is 10.5 Å². The third-order valence-electron chi connectivity index (χ3n) is 2.21. The lowest BCUT2D eigenvalue weighted by atomic mass is 9.85. The highest BCUT2D eigenvalue weighted by molar-refractivity contribution is 5.84. The average molecular weight is 198 g/mol. The number of nitrogens with zero attached hydrogens (tertiary/aromatic N) is 2. The van der Waals surface area contributed by atoms with E-state index in [9.17, 15) is 4.79 Å². The Kier molecular flexibility index (Phi) is 3.60. The van der Waals surface area contributed by atoms with Crippen LogP contribution in [0, 0.1) is 28.6 Å². The molecular formula is C12H10N2O. The monoisotopic (exact) mass is 198 g/mol. The zero-order chi connectivity index (χ0) is 11.3. The van der Waals surface area contributed by atoms with Gasteiger partial charge in [-0.25, -0.2) is 0 Å². The normalized spacial score (nSPS) is 11.5. The number of rotatable bonds is 3. The molecule has 0 saturated carbocycles. The summed E-state index contributed by atoms with van der Waals surface area (Å²) in [6, 6.07) is 12.6. The van der Waals surface area contributed by atoms with E-state index in [-0.39, 0.29) is 5.78 Å². The van der Waals surface area contributed by atoms with Crippen LogP contribution in [0.15, 0.2) is 30.3 Å². The summed E-state index contributed by atoms with van der Waals surface area (Å²) in [4.78, 5) is 11.4. The summed E-state index contributed by atoms with van der Waals surface area (Å²) < 4.78 is 0. The van der Waals surface area contributed by atoms with Crippen molar-refractivity contribution in [1.29, 1.82) is 10.5 Å². The van der Waals surface area contributed by atoms with Gasteiger partial charge in [0.25, 0.3) is 0 Å². The number of ketones is 1. The molecule has 1 rings (SSSR count). The van der Waals surface area contributed by atoms with Gasteiger partial charge >= 0.3 is 0 Å². The molecule has 0 aliphatic carbocycles. The van der Waals surface area contributed by atoms with Gasteiger partial charge in [-0.3, -0.25) is 4.79 Å². The Bertz CT molecular complexity index is 411. The standard InChI is InChI=1S/C12H10N2O/c1-9(15)12(11(7-13)8-14)10-5-3-2-4-6-10/h2-6,11-12H,1H3. The van der Waals surface area contributed by atoms with Crippen molar-refractivity contribution >= 4 is 5.78 Å². The second kappa shape index (κ2) is 4.93. The predicted octanol–water partition coefficient (Wildman–Crippen LogP) is 2.02. The number of hydrogen-bond donors (Lipinski definition) is 0. The SMILES string of the molecule is CC(=O)C(c1ccccc1)C(C#N)C#N. The zero-order valence-corrected chi connectivity index (χ0v) is 8.34. The first-order chi connectivity index (χ1) is 7.20. The Morgan fingerprint density at radius 1 is 1.20 bits per heavy atom. The molecule has 0 aromatic heterocycles. The van der Waals surface area contributed by atoms with Crippen LogP contribution in [0.5, 0.6) is 0 Å².